The van der Waals surface area contributed by atoms with Crippen LogP contribution in [0.2, 0.25) is 0 Å². The number of carbonyl (C=O) groups is 2. The highest BCUT2D eigenvalue weighted by atomic mass is 16.2. The average molecular weight is 334 g/mol. The molecule has 0 fully saturated rings. The van der Waals surface area contributed by atoms with E-state index in [9.17, 15) is 9.59 Å². The van der Waals surface area contributed by atoms with Crippen molar-refractivity contribution >= 4 is 23.2 Å². The number of nitrogens with zero attached hydrogens (tertiary/aromatic N) is 2. The molecule has 25 heavy (non-hydrogen) atoms. The zero-order valence-corrected chi connectivity index (χ0v) is 14.7. The van der Waals surface area contributed by atoms with Crippen LogP contribution in [0.1, 0.15) is 25.0 Å². The molecule has 2 aromatic carbocycles. The van der Waals surface area contributed by atoms with Crippen LogP contribution < -0.4 is 9.80 Å². The number of rotatable bonds is 2. The van der Waals surface area contributed by atoms with Crippen molar-refractivity contribution in [2.75, 3.05) is 22.9 Å². The van der Waals surface area contributed by atoms with E-state index >= 15 is 0 Å². The van der Waals surface area contributed by atoms with Gasteiger partial charge in [-0.05, 0) is 49.9 Å². The summed E-state index contributed by atoms with van der Waals surface area (Å²) >= 11 is 0. The number of hydrogen-bond donors (Lipinski definition) is 0. The van der Waals surface area contributed by atoms with Crippen molar-refractivity contribution in [1.82, 2.24) is 0 Å². The standard InChI is InChI=1S/C21H22N2O2/c1-21(2,19(24)22-13-11-15-7-3-5-9-17(15)22)20(25)23-14-12-16-8-4-6-10-18(16)23/h3-10H,11-14H2,1-2H3. The van der Waals surface area contributed by atoms with Crippen molar-refractivity contribution in [2.24, 2.45) is 5.41 Å². The van der Waals surface area contributed by atoms with Crippen LogP contribution in [0, 0.1) is 5.41 Å². The van der Waals surface area contributed by atoms with Gasteiger partial charge in [0.15, 0.2) is 0 Å². The maximum Gasteiger partial charge on any atom is 0.242 e. The van der Waals surface area contributed by atoms with Gasteiger partial charge < -0.3 is 9.80 Å². The monoisotopic (exact) mass is 334 g/mol. The van der Waals surface area contributed by atoms with Crippen molar-refractivity contribution in [3.05, 3.63) is 59.7 Å². The predicted octanol–water partition coefficient (Wildman–Crippen LogP) is 3.19. The Balaban J connectivity index is 1.62. The zero-order valence-electron chi connectivity index (χ0n) is 14.7. The molecule has 0 bridgehead atoms. The van der Waals surface area contributed by atoms with Crippen molar-refractivity contribution < 1.29 is 9.59 Å². The molecule has 2 heterocycles. The van der Waals surface area contributed by atoms with E-state index in [-0.39, 0.29) is 11.8 Å². The molecule has 0 aliphatic carbocycles. The number of fused-ring (bicyclic) bond motifs is 2. The second-order valence-electron chi connectivity index (χ2n) is 7.30. The molecule has 128 valence electrons. The molecule has 2 amide bonds. The summed E-state index contributed by atoms with van der Waals surface area (Å²) in [5, 5.41) is 0. The molecule has 4 heteroatoms. The summed E-state index contributed by atoms with van der Waals surface area (Å²) in [6, 6.07) is 15.9. The first-order valence-corrected chi connectivity index (χ1v) is 8.80. The first kappa shape index (κ1) is 15.9. The Labute approximate surface area is 148 Å². The third kappa shape index (κ3) is 2.44. The summed E-state index contributed by atoms with van der Waals surface area (Å²) in [6.45, 7) is 4.79. The van der Waals surface area contributed by atoms with Gasteiger partial charge in [0.25, 0.3) is 0 Å². The van der Waals surface area contributed by atoms with Gasteiger partial charge in [-0.15, -0.1) is 0 Å². The summed E-state index contributed by atoms with van der Waals surface area (Å²) in [5.41, 5.74) is 3.14. The van der Waals surface area contributed by atoms with E-state index in [1.54, 1.807) is 23.6 Å². The summed E-state index contributed by atoms with van der Waals surface area (Å²) in [4.78, 5) is 30.0. The fraction of sp³-hybridized carbons (Fsp3) is 0.333. The zero-order chi connectivity index (χ0) is 17.6. The number of carbonyl (C=O) groups excluding carboxylic acids is 2. The number of hydrogen-bond acceptors (Lipinski definition) is 2. The molecule has 0 aromatic heterocycles. The Hall–Kier alpha value is -2.62. The van der Waals surface area contributed by atoms with Gasteiger partial charge in [-0.25, -0.2) is 0 Å². The second kappa shape index (κ2) is 5.73. The van der Waals surface area contributed by atoms with Crippen LogP contribution in [0.3, 0.4) is 0 Å². The predicted molar refractivity (Wildman–Crippen MR) is 98.8 cm³/mol. The highest BCUT2D eigenvalue weighted by molar-refractivity contribution is 6.16. The maximum absolute atomic E-state index is 13.2. The number of amides is 2. The van der Waals surface area contributed by atoms with Crippen LogP contribution >= 0.6 is 0 Å². The van der Waals surface area contributed by atoms with E-state index < -0.39 is 5.41 Å². The van der Waals surface area contributed by atoms with Gasteiger partial charge in [-0.3, -0.25) is 9.59 Å². The third-order valence-corrected chi connectivity index (χ3v) is 5.33. The fourth-order valence-corrected chi connectivity index (χ4v) is 3.86. The molecule has 0 N–H and O–H groups in total. The molecular weight excluding hydrogens is 312 g/mol. The molecule has 0 saturated carbocycles. The molecular formula is C21H22N2O2. The summed E-state index contributed by atoms with van der Waals surface area (Å²) in [6.07, 6.45) is 1.69. The van der Waals surface area contributed by atoms with E-state index in [2.05, 4.69) is 0 Å². The van der Waals surface area contributed by atoms with Crippen molar-refractivity contribution in [3.63, 3.8) is 0 Å². The van der Waals surface area contributed by atoms with Crippen molar-refractivity contribution in [2.45, 2.75) is 26.7 Å². The fourth-order valence-electron chi connectivity index (χ4n) is 3.86. The molecule has 0 unspecified atom stereocenters. The Morgan fingerprint density at radius 3 is 1.60 bits per heavy atom. The van der Waals surface area contributed by atoms with Crippen LogP contribution in [0.25, 0.3) is 0 Å². The molecule has 0 saturated heterocycles. The summed E-state index contributed by atoms with van der Waals surface area (Å²) in [5.74, 6) is -0.237. The Bertz CT molecular complexity index is 787. The highest BCUT2D eigenvalue weighted by Gasteiger charge is 2.44. The van der Waals surface area contributed by atoms with E-state index in [4.69, 9.17) is 0 Å². The van der Waals surface area contributed by atoms with E-state index in [1.807, 2.05) is 48.5 Å². The number of benzene rings is 2. The number of para-hydroxylation sites is 2. The van der Waals surface area contributed by atoms with Gasteiger partial charge in [-0.2, -0.15) is 0 Å². The SMILES string of the molecule is CC(C)(C(=O)N1CCc2ccccc21)C(=O)N1CCc2ccccc21. The van der Waals surface area contributed by atoms with E-state index in [0.29, 0.717) is 13.1 Å². The van der Waals surface area contributed by atoms with Crippen LogP contribution in [0.15, 0.2) is 48.5 Å². The second-order valence-corrected chi connectivity index (χ2v) is 7.30. The maximum atomic E-state index is 13.2. The van der Waals surface area contributed by atoms with Crippen LogP contribution in [-0.4, -0.2) is 24.9 Å². The minimum atomic E-state index is -1.09. The van der Waals surface area contributed by atoms with Gasteiger partial charge in [0.1, 0.15) is 5.41 Å². The molecule has 2 aromatic rings. The highest BCUT2D eigenvalue weighted by Crippen LogP contribution is 2.36. The summed E-state index contributed by atoms with van der Waals surface area (Å²) in [7, 11) is 0. The molecule has 2 aliphatic heterocycles. The molecule has 0 atom stereocenters. The van der Waals surface area contributed by atoms with Gasteiger partial charge in [0.05, 0.1) is 0 Å². The van der Waals surface area contributed by atoms with Crippen LogP contribution in [0.5, 0.6) is 0 Å². The van der Waals surface area contributed by atoms with Crippen molar-refractivity contribution in [3.8, 4) is 0 Å². The Morgan fingerprint density at radius 2 is 1.16 bits per heavy atom. The smallest absolute Gasteiger partial charge is 0.242 e. The van der Waals surface area contributed by atoms with Gasteiger partial charge >= 0.3 is 0 Å². The molecule has 4 rings (SSSR count). The van der Waals surface area contributed by atoms with Crippen LogP contribution in [0.4, 0.5) is 11.4 Å². The molecule has 4 nitrogen and oxygen atoms in total. The normalized spacial score (nSPS) is 15.9. The summed E-state index contributed by atoms with van der Waals surface area (Å²) < 4.78 is 0. The lowest BCUT2D eigenvalue weighted by atomic mass is 9.89. The lowest BCUT2D eigenvalue weighted by Crippen LogP contribution is -2.50. The van der Waals surface area contributed by atoms with Crippen LogP contribution in [-0.2, 0) is 22.4 Å². The van der Waals surface area contributed by atoms with E-state index in [0.717, 1.165) is 24.2 Å². The molecule has 0 radical (unpaired) electrons. The molecule has 2 aliphatic rings. The first-order chi connectivity index (χ1) is 12.0. The minimum absolute atomic E-state index is 0.119. The van der Waals surface area contributed by atoms with E-state index in [1.165, 1.54) is 11.1 Å². The van der Waals surface area contributed by atoms with Gasteiger partial charge in [0.2, 0.25) is 11.8 Å². The molecule has 0 spiro atoms. The van der Waals surface area contributed by atoms with Gasteiger partial charge in [0, 0.05) is 24.5 Å². The lowest BCUT2D eigenvalue weighted by molar-refractivity contribution is -0.138. The van der Waals surface area contributed by atoms with Gasteiger partial charge in [-0.1, -0.05) is 36.4 Å². The minimum Gasteiger partial charge on any atom is -0.311 e. The first-order valence-electron chi connectivity index (χ1n) is 8.80. The lowest BCUT2D eigenvalue weighted by Gasteiger charge is -2.32. The number of anilines is 2. The third-order valence-electron chi connectivity index (χ3n) is 5.33. The van der Waals surface area contributed by atoms with Crippen molar-refractivity contribution in [1.29, 1.82) is 0 Å². The largest absolute Gasteiger partial charge is 0.311 e. The topological polar surface area (TPSA) is 40.6 Å². The Kier molecular flexibility index (Phi) is 3.64. The Morgan fingerprint density at radius 1 is 0.760 bits per heavy atom. The quantitative estimate of drug-likeness (QED) is 0.792. The average Bonchev–Trinajstić information content (AvgIpc) is 3.24.